The SMILES string of the molecule is C=CCNc1nc(Nc2cccc(C(=O)NCCOCCOCCN)c2)nc(NC(CC)CC)n1. The second-order valence-corrected chi connectivity index (χ2v) is 7.61. The fourth-order valence-electron chi connectivity index (χ4n) is 3.03. The molecule has 0 aliphatic rings. The van der Waals surface area contributed by atoms with Gasteiger partial charge >= 0.3 is 0 Å². The Morgan fingerprint density at radius 1 is 1.06 bits per heavy atom. The van der Waals surface area contributed by atoms with E-state index < -0.39 is 0 Å². The topological polar surface area (TPSA) is 148 Å². The zero-order valence-electron chi connectivity index (χ0n) is 20.7. The van der Waals surface area contributed by atoms with Gasteiger partial charge in [-0.15, -0.1) is 6.58 Å². The van der Waals surface area contributed by atoms with E-state index in [1.807, 2.05) is 6.07 Å². The van der Waals surface area contributed by atoms with Gasteiger partial charge in [-0.3, -0.25) is 4.79 Å². The molecule has 1 aromatic carbocycles. The van der Waals surface area contributed by atoms with Crippen molar-refractivity contribution in [3.05, 3.63) is 42.5 Å². The lowest BCUT2D eigenvalue weighted by molar-refractivity contribution is 0.0511. The van der Waals surface area contributed by atoms with Crippen LogP contribution in [-0.4, -0.2) is 73.0 Å². The van der Waals surface area contributed by atoms with E-state index in [9.17, 15) is 4.79 Å². The number of nitrogens with zero attached hydrogens (tertiary/aromatic N) is 3. The van der Waals surface area contributed by atoms with Crippen molar-refractivity contribution < 1.29 is 14.3 Å². The molecule has 0 unspecified atom stereocenters. The molecule has 0 saturated heterocycles. The lowest BCUT2D eigenvalue weighted by Crippen LogP contribution is -2.27. The van der Waals surface area contributed by atoms with Gasteiger partial charge in [0.1, 0.15) is 0 Å². The third-order valence-electron chi connectivity index (χ3n) is 4.91. The molecule has 0 bridgehead atoms. The van der Waals surface area contributed by atoms with E-state index in [0.717, 1.165) is 12.8 Å². The Kier molecular flexibility index (Phi) is 13.1. The zero-order chi connectivity index (χ0) is 25.3. The van der Waals surface area contributed by atoms with Crippen molar-refractivity contribution in [2.45, 2.75) is 32.7 Å². The minimum Gasteiger partial charge on any atom is -0.378 e. The first-order valence-electron chi connectivity index (χ1n) is 12.0. The maximum atomic E-state index is 12.5. The van der Waals surface area contributed by atoms with E-state index in [2.05, 4.69) is 56.6 Å². The number of hydrogen-bond acceptors (Lipinski definition) is 10. The Labute approximate surface area is 207 Å². The van der Waals surface area contributed by atoms with E-state index in [1.54, 1.807) is 24.3 Å². The summed E-state index contributed by atoms with van der Waals surface area (Å²) < 4.78 is 10.7. The minimum atomic E-state index is -0.197. The van der Waals surface area contributed by atoms with Crippen LogP contribution in [0.2, 0.25) is 0 Å². The fraction of sp³-hybridized carbons (Fsp3) is 0.500. The fourth-order valence-corrected chi connectivity index (χ4v) is 3.03. The summed E-state index contributed by atoms with van der Waals surface area (Å²) in [6, 6.07) is 7.38. The molecule has 0 fully saturated rings. The summed E-state index contributed by atoms with van der Waals surface area (Å²) in [5, 5.41) is 12.5. The average molecular weight is 487 g/mol. The van der Waals surface area contributed by atoms with Gasteiger partial charge in [0.15, 0.2) is 0 Å². The second kappa shape index (κ2) is 16.4. The molecule has 2 rings (SSSR count). The molecular weight excluding hydrogens is 448 g/mol. The van der Waals surface area contributed by atoms with E-state index in [-0.39, 0.29) is 11.9 Å². The minimum absolute atomic E-state index is 0.197. The van der Waals surface area contributed by atoms with Gasteiger partial charge in [-0.1, -0.05) is 26.0 Å². The van der Waals surface area contributed by atoms with Crippen molar-refractivity contribution in [2.75, 3.05) is 62.0 Å². The highest BCUT2D eigenvalue weighted by Gasteiger charge is 2.11. The molecule has 0 atom stereocenters. The number of benzene rings is 1. The zero-order valence-corrected chi connectivity index (χ0v) is 20.7. The molecule has 0 aliphatic carbocycles. The lowest BCUT2D eigenvalue weighted by atomic mass is 10.2. The lowest BCUT2D eigenvalue weighted by Gasteiger charge is -2.16. The summed E-state index contributed by atoms with van der Waals surface area (Å²) in [4.78, 5) is 25.9. The molecule has 192 valence electrons. The third-order valence-corrected chi connectivity index (χ3v) is 4.91. The standard InChI is InChI=1S/C24H38N8O3/c1-4-11-27-22-30-23(28-19(5-2)6-3)32-24(31-22)29-20-9-7-8-18(17-20)21(33)26-12-14-35-16-15-34-13-10-25/h4,7-9,17,19H,1,5-6,10-16,25H2,2-3H3,(H,26,33)(H3,27,28,29,30,31,32). The van der Waals surface area contributed by atoms with Crippen LogP contribution in [0.3, 0.4) is 0 Å². The Morgan fingerprint density at radius 3 is 2.49 bits per heavy atom. The molecule has 0 aliphatic heterocycles. The number of nitrogens with two attached hydrogens (primary N) is 1. The Balaban J connectivity index is 1.98. The Hall–Kier alpha value is -3.28. The molecule has 1 heterocycles. The molecule has 0 saturated carbocycles. The highest BCUT2D eigenvalue weighted by Crippen LogP contribution is 2.18. The Morgan fingerprint density at radius 2 is 1.77 bits per heavy atom. The number of rotatable bonds is 18. The van der Waals surface area contributed by atoms with Gasteiger partial charge in [0.25, 0.3) is 5.91 Å². The highest BCUT2D eigenvalue weighted by atomic mass is 16.5. The van der Waals surface area contributed by atoms with Crippen molar-refractivity contribution in [2.24, 2.45) is 5.73 Å². The van der Waals surface area contributed by atoms with Crippen LogP contribution in [0.25, 0.3) is 0 Å². The molecule has 0 radical (unpaired) electrons. The predicted molar refractivity (Wildman–Crippen MR) is 139 cm³/mol. The number of carbonyl (C=O) groups excluding carboxylic acids is 1. The first kappa shape index (κ1) is 28.0. The molecule has 0 spiro atoms. The summed E-state index contributed by atoms with van der Waals surface area (Å²) in [6.07, 6.45) is 3.63. The van der Waals surface area contributed by atoms with Crippen LogP contribution < -0.4 is 27.0 Å². The normalized spacial score (nSPS) is 10.7. The van der Waals surface area contributed by atoms with E-state index in [0.29, 0.717) is 75.2 Å². The largest absolute Gasteiger partial charge is 0.378 e. The monoisotopic (exact) mass is 486 g/mol. The summed E-state index contributed by atoms with van der Waals surface area (Å²) in [5.41, 5.74) is 6.55. The maximum Gasteiger partial charge on any atom is 0.251 e. The molecular formula is C24H38N8O3. The molecule has 6 N–H and O–H groups in total. The van der Waals surface area contributed by atoms with Crippen molar-refractivity contribution in [1.29, 1.82) is 0 Å². The quantitative estimate of drug-likeness (QED) is 0.157. The second-order valence-electron chi connectivity index (χ2n) is 7.61. The van der Waals surface area contributed by atoms with Crippen LogP contribution in [0.15, 0.2) is 36.9 Å². The van der Waals surface area contributed by atoms with Crippen LogP contribution in [0, 0.1) is 0 Å². The maximum absolute atomic E-state index is 12.5. The number of anilines is 4. The van der Waals surface area contributed by atoms with E-state index >= 15 is 0 Å². The molecule has 11 nitrogen and oxygen atoms in total. The van der Waals surface area contributed by atoms with Gasteiger partial charge < -0.3 is 36.5 Å². The first-order chi connectivity index (χ1) is 17.1. The molecule has 11 heteroatoms. The van der Waals surface area contributed by atoms with Crippen LogP contribution >= 0.6 is 0 Å². The average Bonchev–Trinajstić information content (AvgIpc) is 2.87. The third kappa shape index (κ3) is 10.7. The highest BCUT2D eigenvalue weighted by molar-refractivity contribution is 5.95. The predicted octanol–water partition coefficient (Wildman–Crippen LogP) is 2.54. The number of ether oxygens (including phenoxy) is 2. The number of aromatic nitrogens is 3. The van der Waals surface area contributed by atoms with Gasteiger partial charge in [-0.05, 0) is 31.0 Å². The van der Waals surface area contributed by atoms with Crippen molar-refractivity contribution in [3.8, 4) is 0 Å². The van der Waals surface area contributed by atoms with Gasteiger partial charge in [0, 0.05) is 36.9 Å². The molecule has 35 heavy (non-hydrogen) atoms. The summed E-state index contributed by atoms with van der Waals surface area (Å²) in [5.74, 6) is 1.07. The molecule has 2 aromatic rings. The summed E-state index contributed by atoms with van der Waals surface area (Å²) in [7, 11) is 0. The number of amides is 1. The van der Waals surface area contributed by atoms with Gasteiger partial charge in [-0.2, -0.15) is 15.0 Å². The smallest absolute Gasteiger partial charge is 0.251 e. The van der Waals surface area contributed by atoms with Crippen LogP contribution in [0.4, 0.5) is 23.5 Å². The first-order valence-corrected chi connectivity index (χ1v) is 12.0. The van der Waals surface area contributed by atoms with Crippen molar-refractivity contribution in [3.63, 3.8) is 0 Å². The van der Waals surface area contributed by atoms with Crippen LogP contribution in [0.5, 0.6) is 0 Å². The van der Waals surface area contributed by atoms with Crippen molar-refractivity contribution in [1.82, 2.24) is 20.3 Å². The number of hydrogen-bond donors (Lipinski definition) is 5. The Bertz CT molecular complexity index is 908. The van der Waals surface area contributed by atoms with Gasteiger partial charge in [0.05, 0.1) is 26.4 Å². The number of nitrogens with one attached hydrogen (secondary N) is 4. The van der Waals surface area contributed by atoms with Crippen LogP contribution in [0.1, 0.15) is 37.0 Å². The van der Waals surface area contributed by atoms with Gasteiger partial charge in [0.2, 0.25) is 17.8 Å². The van der Waals surface area contributed by atoms with E-state index in [1.165, 1.54) is 0 Å². The van der Waals surface area contributed by atoms with Crippen LogP contribution in [-0.2, 0) is 9.47 Å². The summed E-state index contributed by atoms with van der Waals surface area (Å²) >= 11 is 0. The van der Waals surface area contributed by atoms with Crippen molar-refractivity contribution >= 4 is 29.4 Å². The van der Waals surface area contributed by atoms with E-state index in [4.69, 9.17) is 15.2 Å². The molecule has 1 amide bonds. The summed E-state index contributed by atoms with van der Waals surface area (Å²) in [6.45, 7) is 11.2. The molecule has 1 aromatic heterocycles. The van der Waals surface area contributed by atoms with Gasteiger partial charge in [-0.25, -0.2) is 0 Å². The number of carbonyl (C=O) groups is 1.